The van der Waals surface area contributed by atoms with Crippen LogP contribution in [0.2, 0.25) is 0 Å². The Hall–Kier alpha value is -0.700. The van der Waals surface area contributed by atoms with Crippen LogP contribution in [0.3, 0.4) is 0 Å². The predicted octanol–water partition coefficient (Wildman–Crippen LogP) is 3.16. The monoisotopic (exact) mass is 212 g/mol. The minimum absolute atomic E-state index is 0.00583. The third-order valence-electron chi connectivity index (χ3n) is 1.29. The summed E-state index contributed by atoms with van der Waals surface area (Å²) in [4.78, 5) is -0.00583. The lowest BCUT2D eigenvalue weighted by Gasteiger charge is -2.00. The van der Waals surface area contributed by atoms with Crippen molar-refractivity contribution in [2.24, 2.45) is 10.2 Å². The van der Waals surface area contributed by atoms with E-state index in [1.807, 2.05) is 30.3 Å². The van der Waals surface area contributed by atoms with Crippen molar-refractivity contribution in [2.45, 2.75) is 4.95 Å². The van der Waals surface area contributed by atoms with E-state index in [4.69, 9.17) is 0 Å². The number of rotatable bonds is 2. The Morgan fingerprint density at radius 3 is 2.45 bits per heavy atom. The molecule has 3 heteroatoms. The highest BCUT2D eigenvalue weighted by Gasteiger charge is 2.01. The van der Waals surface area contributed by atoms with Gasteiger partial charge in [-0.05, 0) is 5.56 Å². The maximum absolute atomic E-state index is 3.94. The van der Waals surface area contributed by atoms with Gasteiger partial charge < -0.3 is 0 Å². The molecule has 0 aliphatic heterocycles. The molecule has 58 valence electrons. The first-order valence-electron chi connectivity index (χ1n) is 3.32. The van der Waals surface area contributed by atoms with Gasteiger partial charge in [0.1, 0.15) is 0 Å². The fourth-order valence-electron chi connectivity index (χ4n) is 0.780. The van der Waals surface area contributed by atoms with Gasteiger partial charge in [-0.3, -0.25) is 0 Å². The standard InChI is InChI=1S/C8H9BrN2/c1-10-11-8(9)7-5-3-2-4-6-7/h2-6,8H,1H3. The molecule has 0 fully saturated rings. The van der Waals surface area contributed by atoms with Gasteiger partial charge in [0.2, 0.25) is 0 Å². The molecule has 0 aromatic heterocycles. The lowest BCUT2D eigenvalue weighted by atomic mass is 10.2. The van der Waals surface area contributed by atoms with Gasteiger partial charge in [0.25, 0.3) is 0 Å². The molecule has 11 heavy (non-hydrogen) atoms. The molecule has 1 rings (SSSR count). The predicted molar refractivity (Wildman–Crippen MR) is 48.9 cm³/mol. The van der Waals surface area contributed by atoms with E-state index in [9.17, 15) is 0 Å². The summed E-state index contributed by atoms with van der Waals surface area (Å²) in [6.45, 7) is 0. The van der Waals surface area contributed by atoms with E-state index >= 15 is 0 Å². The molecule has 0 N–H and O–H groups in total. The van der Waals surface area contributed by atoms with Crippen molar-refractivity contribution in [3.63, 3.8) is 0 Å². The highest BCUT2D eigenvalue weighted by Crippen LogP contribution is 2.23. The van der Waals surface area contributed by atoms with Crippen molar-refractivity contribution in [3.8, 4) is 0 Å². The first-order chi connectivity index (χ1) is 5.34. The summed E-state index contributed by atoms with van der Waals surface area (Å²) in [7, 11) is 1.66. The first-order valence-corrected chi connectivity index (χ1v) is 4.24. The van der Waals surface area contributed by atoms with Crippen molar-refractivity contribution in [2.75, 3.05) is 7.05 Å². The van der Waals surface area contributed by atoms with Crippen LogP contribution >= 0.6 is 15.9 Å². The highest BCUT2D eigenvalue weighted by atomic mass is 79.9. The second-order valence-corrected chi connectivity index (χ2v) is 2.93. The molecule has 0 saturated carbocycles. The van der Waals surface area contributed by atoms with Gasteiger partial charge in [-0.1, -0.05) is 46.3 Å². The Morgan fingerprint density at radius 2 is 1.91 bits per heavy atom. The third-order valence-corrected chi connectivity index (χ3v) is 2.00. The highest BCUT2D eigenvalue weighted by molar-refractivity contribution is 9.09. The summed E-state index contributed by atoms with van der Waals surface area (Å²) in [6.07, 6.45) is 0. The van der Waals surface area contributed by atoms with Crippen LogP contribution in [0.25, 0.3) is 0 Å². The smallest absolute Gasteiger partial charge is 0.150 e. The summed E-state index contributed by atoms with van der Waals surface area (Å²) in [5.74, 6) is 0. The minimum atomic E-state index is -0.00583. The zero-order valence-corrected chi connectivity index (χ0v) is 7.82. The Kier molecular flexibility index (Phi) is 3.23. The van der Waals surface area contributed by atoms with Gasteiger partial charge in [-0.25, -0.2) is 0 Å². The zero-order chi connectivity index (χ0) is 8.10. The lowest BCUT2D eigenvalue weighted by molar-refractivity contribution is 0.925. The fraction of sp³-hybridized carbons (Fsp3) is 0.250. The lowest BCUT2D eigenvalue weighted by Crippen LogP contribution is -1.82. The van der Waals surface area contributed by atoms with Crippen LogP contribution < -0.4 is 0 Å². The number of azo groups is 1. The van der Waals surface area contributed by atoms with Gasteiger partial charge in [0, 0.05) is 7.05 Å². The van der Waals surface area contributed by atoms with Crippen molar-refractivity contribution in [1.82, 2.24) is 0 Å². The molecule has 2 nitrogen and oxygen atoms in total. The Morgan fingerprint density at radius 1 is 1.27 bits per heavy atom. The number of alkyl halides is 1. The van der Waals surface area contributed by atoms with E-state index in [0.29, 0.717) is 0 Å². The van der Waals surface area contributed by atoms with Gasteiger partial charge >= 0.3 is 0 Å². The molecule has 0 spiro atoms. The Bertz CT molecular complexity index is 233. The largest absolute Gasteiger partial charge is 0.196 e. The number of halogens is 1. The molecule has 0 amide bonds. The number of hydrogen-bond donors (Lipinski definition) is 0. The molecule has 0 aliphatic rings. The normalized spacial score (nSPS) is 13.6. The van der Waals surface area contributed by atoms with Crippen LogP contribution in [0.15, 0.2) is 40.6 Å². The Labute approximate surface area is 74.5 Å². The van der Waals surface area contributed by atoms with Crippen LogP contribution in [0, 0.1) is 0 Å². The molecule has 1 atom stereocenters. The molecule has 1 aromatic rings. The molecular formula is C8H9BrN2. The summed E-state index contributed by atoms with van der Waals surface area (Å²) in [6, 6.07) is 9.96. The molecule has 0 radical (unpaired) electrons. The van der Waals surface area contributed by atoms with Crippen molar-refractivity contribution < 1.29 is 0 Å². The number of benzene rings is 1. The van der Waals surface area contributed by atoms with E-state index < -0.39 is 0 Å². The summed E-state index contributed by atoms with van der Waals surface area (Å²) >= 11 is 3.39. The number of nitrogens with zero attached hydrogens (tertiary/aromatic N) is 2. The van der Waals surface area contributed by atoms with E-state index in [1.165, 1.54) is 0 Å². The molecule has 0 aliphatic carbocycles. The Balaban J connectivity index is 2.76. The van der Waals surface area contributed by atoms with Crippen LogP contribution in [-0.4, -0.2) is 7.05 Å². The SMILES string of the molecule is CN=NC(Br)c1ccccc1. The second-order valence-electron chi connectivity index (χ2n) is 2.06. The van der Waals surface area contributed by atoms with E-state index in [1.54, 1.807) is 7.05 Å². The van der Waals surface area contributed by atoms with Crippen molar-refractivity contribution in [3.05, 3.63) is 35.9 Å². The summed E-state index contributed by atoms with van der Waals surface area (Å²) < 4.78 is 0. The van der Waals surface area contributed by atoms with Crippen LogP contribution in [0.5, 0.6) is 0 Å². The van der Waals surface area contributed by atoms with Gasteiger partial charge in [-0.15, -0.1) is 0 Å². The molecule has 0 saturated heterocycles. The summed E-state index contributed by atoms with van der Waals surface area (Å²) in [5, 5.41) is 7.63. The molecule has 0 heterocycles. The third kappa shape index (κ3) is 2.42. The van der Waals surface area contributed by atoms with Crippen molar-refractivity contribution in [1.29, 1.82) is 0 Å². The van der Waals surface area contributed by atoms with Crippen LogP contribution in [-0.2, 0) is 0 Å². The topological polar surface area (TPSA) is 24.7 Å². The maximum Gasteiger partial charge on any atom is 0.150 e. The van der Waals surface area contributed by atoms with Gasteiger partial charge in [0.05, 0.1) is 0 Å². The summed E-state index contributed by atoms with van der Waals surface area (Å²) in [5.41, 5.74) is 1.12. The maximum atomic E-state index is 3.94. The average molecular weight is 213 g/mol. The zero-order valence-electron chi connectivity index (χ0n) is 6.24. The molecule has 1 aromatic carbocycles. The number of hydrogen-bond acceptors (Lipinski definition) is 2. The second kappa shape index (κ2) is 4.23. The quantitative estimate of drug-likeness (QED) is 0.409. The van der Waals surface area contributed by atoms with Crippen molar-refractivity contribution >= 4 is 15.9 Å². The first kappa shape index (κ1) is 8.40. The minimum Gasteiger partial charge on any atom is -0.196 e. The van der Waals surface area contributed by atoms with E-state index in [2.05, 4.69) is 26.2 Å². The van der Waals surface area contributed by atoms with Crippen LogP contribution in [0.4, 0.5) is 0 Å². The van der Waals surface area contributed by atoms with E-state index in [0.717, 1.165) is 5.56 Å². The van der Waals surface area contributed by atoms with E-state index in [-0.39, 0.29) is 4.95 Å². The van der Waals surface area contributed by atoms with Gasteiger partial charge in [0.15, 0.2) is 4.95 Å². The van der Waals surface area contributed by atoms with Gasteiger partial charge in [-0.2, -0.15) is 10.2 Å². The molecule has 0 bridgehead atoms. The van der Waals surface area contributed by atoms with Crippen LogP contribution in [0.1, 0.15) is 10.5 Å². The fourth-order valence-corrected chi connectivity index (χ4v) is 1.27. The molecule has 1 unspecified atom stereocenters. The average Bonchev–Trinajstić information content (AvgIpc) is 2.07. The molecular weight excluding hydrogens is 204 g/mol.